The highest BCUT2D eigenvalue weighted by atomic mass is 79.9. The maximum Gasteiger partial charge on any atom is 0.245 e. The summed E-state index contributed by atoms with van der Waals surface area (Å²) in [7, 11) is -2.39. The summed E-state index contributed by atoms with van der Waals surface area (Å²) in [5.41, 5.74) is 0.742. The highest BCUT2D eigenvalue weighted by Gasteiger charge is 2.29. The zero-order valence-corrected chi connectivity index (χ0v) is 16.7. The fraction of sp³-hybridized carbons (Fsp3) is 0.267. The molecule has 2 rings (SSSR count). The van der Waals surface area contributed by atoms with Gasteiger partial charge >= 0.3 is 0 Å². The van der Waals surface area contributed by atoms with Crippen LogP contribution in [-0.2, 0) is 21.3 Å². The Morgan fingerprint density at radius 2 is 1.96 bits per heavy atom. The number of pyridine rings is 1. The van der Waals surface area contributed by atoms with Crippen molar-refractivity contribution in [3.8, 4) is 0 Å². The predicted octanol–water partition coefficient (Wildman–Crippen LogP) is 3.58. The average molecular weight is 482 g/mol. The summed E-state index contributed by atoms with van der Waals surface area (Å²) < 4.78 is 46.2. The third kappa shape index (κ3) is 4.60. The second-order valence-electron chi connectivity index (χ2n) is 4.89. The largest absolute Gasteiger partial charge is 0.383 e. The Balaban J connectivity index is 2.44. The Morgan fingerprint density at radius 3 is 2.50 bits per heavy atom. The molecule has 0 aliphatic carbocycles. The van der Waals surface area contributed by atoms with E-state index in [1.165, 1.54) is 11.4 Å². The van der Waals surface area contributed by atoms with Gasteiger partial charge in [0, 0.05) is 41.5 Å². The topological polar surface area (TPSA) is 59.5 Å². The van der Waals surface area contributed by atoms with Gasteiger partial charge < -0.3 is 4.74 Å². The normalized spacial score (nSPS) is 11.9. The predicted molar refractivity (Wildman–Crippen MR) is 95.5 cm³/mol. The fourth-order valence-corrected chi connectivity index (χ4v) is 5.94. The molecule has 0 saturated heterocycles. The summed E-state index contributed by atoms with van der Waals surface area (Å²) in [4.78, 5) is 3.97. The first-order valence-electron chi connectivity index (χ1n) is 6.89. The van der Waals surface area contributed by atoms with Gasteiger partial charge in [-0.25, -0.2) is 12.8 Å². The van der Waals surface area contributed by atoms with E-state index in [2.05, 4.69) is 36.8 Å². The minimum Gasteiger partial charge on any atom is -0.383 e. The molecule has 1 aromatic carbocycles. The summed E-state index contributed by atoms with van der Waals surface area (Å²) in [5, 5.41) is 0. The molecule has 0 N–H and O–H groups in total. The zero-order chi connectivity index (χ0) is 17.7. The van der Waals surface area contributed by atoms with Crippen molar-refractivity contribution in [2.24, 2.45) is 0 Å². The van der Waals surface area contributed by atoms with Crippen LogP contribution >= 0.6 is 31.9 Å². The summed E-state index contributed by atoms with van der Waals surface area (Å²) in [6.07, 6.45) is 3.22. The number of hydrogen-bond acceptors (Lipinski definition) is 4. The number of methoxy groups -OCH3 is 1. The van der Waals surface area contributed by atoms with Gasteiger partial charge in [-0.2, -0.15) is 4.31 Å². The maximum absolute atomic E-state index is 13.5. The summed E-state index contributed by atoms with van der Waals surface area (Å²) in [5.74, 6) is -0.539. The number of benzene rings is 1. The van der Waals surface area contributed by atoms with Gasteiger partial charge in [0.2, 0.25) is 10.0 Å². The number of nitrogens with zero attached hydrogens (tertiary/aromatic N) is 2. The number of sulfonamides is 1. The minimum atomic E-state index is -3.88. The molecule has 0 atom stereocenters. The van der Waals surface area contributed by atoms with Crippen LogP contribution in [0.5, 0.6) is 0 Å². The van der Waals surface area contributed by atoms with Crippen LogP contribution in [0.25, 0.3) is 0 Å². The van der Waals surface area contributed by atoms with Gasteiger partial charge in [-0.1, -0.05) is 6.07 Å². The molecule has 0 bridgehead atoms. The molecule has 1 heterocycles. The van der Waals surface area contributed by atoms with E-state index in [-0.39, 0.29) is 33.5 Å². The molecule has 1 aromatic heterocycles. The summed E-state index contributed by atoms with van der Waals surface area (Å²) in [6.45, 7) is 0.524. The average Bonchev–Trinajstić information content (AvgIpc) is 2.51. The van der Waals surface area contributed by atoms with Gasteiger partial charge in [-0.05, 0) is 55.6 Å². The Labute approximate surface area is 157 Å². The molecule has 24 heavy (non-hydrogen) atoms. The Hall–Kier alpha value is -0.870. The maximum atomic E-state index is 13.5. The summed E-state index contributed by atoms with van der Waals surface area (Å²) >= 11 is 6.27. The highest BCUT2D eigenvalue weighted by molar-refractivity contribution is 9.11. The second-order valence-corrected chi connectivity index (χ2v) is 8.47. The van der Waals surface area contributed by atoms with Crippen LogP contribution in [0, 0.1) is 5.82 Å². The lowest BCUT2D eigenvalue weighted by Crippen LogP contribution is -2.34. The van der Waals surface area contributed by atoms with Crippen molar-refractivity contribution in [1.29, 1.82) is 0 Å². The van der Waals surface area contributed by atoms with E-state index in [0.717, 1.165) is 17.7 Å². The van der Waals surface area contributed by atoms with Gasteiger partial charge in [-0.15, -0.1) is 0 Å². The van der Waals surface area contributed by atoms with Crippen LogP contribution in [0.3, 0.4) is 0 Å². The van der Waals surface area contributed by atoms with Crippen molar-refractivity contribution in [3.63, 3.8) is 0 Å². The van der Waals surface area contributed by atoms with E-state index in [1.54, 1.807) is 24.5 Å². The lowest BCUT2D eigenvalue weighted by molar-refractivity contribution is 0.177. The SMILES string of the molecule is COCCN(Cc1cccnc1)S(=O)(=O)c1c(Br)cc(F)cc1Br. The highest BCUT2D eigenvalue weighted by Crippen LogP contribution is 2.33. The molecule has 0 unspecified atom stereocenters. The van der Waals surface area contributed by atoms with Crippen molar-refractivity contribution >= 4 is 41.9 Å². The minimum absolute atomic E-state index is 0.0242. The molecular weight excluding hydrogens is 467 g/mol. The molecule has 0 fully saturated rings. The van der Waals surface area contributed by atoms with Crippen molar-refractivity contribution in [3.05, 3.63) is 57.0 Å². The van der Waals surface area contributed by atoms with Crippen LogP contribution < -0.4 is 0 Å². The van der Waals surface area contributed by atoms with E-state index >= 15 is 0 Å². The number of ether oxygens (including phenoxy) is 1. The first kappa shape index (κ1) is 19.5. The molecule has 0 aliphatic heterocycles. The molecule has 0 spiro atoms. The van der Waals surface area contributed by atoms with Crippen LogP contribution in [0.4, 0.5) is 4.39 Å². The van der Waals surface area contributed by atoms with E-state index in [1.807, 2.05) is 0 Å². The Morgan fingerprint density at radius 1 is 1.29 bits per heavy atom. The van der Waals surface area contributed by atoms with E-state index in [9.17, 15) is 12.8 Å². The van der Waals surface area contributed by atoms with Crippen molar-refractivity contribution in [1.82, 2.24) is 9.29 Å². The van der Waals surface area contributed by atoms with Crippen LogP contribution in [-0.4, -0.2) is 38.0 Å². The monoisotopic (exact) mass is 480 g/mol. The third-order valence-electron chi connectivity index (χ3n) is 3.19. The molecule has 5 nitrogen and oxygen atoms in total. The van der Waals surface area contributed by atoms with E-state index < -0.39 is 15.8 Å². The molecule has 2 aromatic rings. The number of rotatable bonds is 7. The zero-order valence-electron chi connectivity index (χ0n) is 12.7. The van der Waals surface area contributed by atoms with Gasteiger partial charge in [0.1, 0.15) is 10.7 Å². The van der Waals surface area contributed by atoms with Crippen LogP contribution in [0.1, 0.15) is 5.56 Å². The lowest BCUT2D eigenvalue weighted by Gasteiger charge is -2.23. The molecule has 0 saturated carbocycles. The lowest BCUT2D eigenvalue weighted by atomic mass is 10.3. The van der Waals surface area contributed by atoms with E-state index in [0.29, 0.717) is 0 Å². The van der Waals surface area contributed by atoms with Gasteiger partial charge in [0.25, 0.3) is 0 Å². The first-order chi connectivity index (χ1) is 11.4. The quantitative estimate of drug-likeness (QED) is 0.606. The van der Waals surface area contributed by atoms with Crippen LogP contribution in [0.15, 0.2) is 50.5 Å². The molecule has 130 valence electrons. The van der Waals surface area contributed by atoms with Gasteiger partial charge in [0.15, 0.2) is 0 Å². The third-order valence-corrected chi connectivity index (χ3v) is 6.91. The number of aromatic nitrogens is 1. The number of hydrogen-bond donors (Lipinski definition) is 0. The van der Waals surface area contributed by atoms with Gasteiger partial charge in [-0.3, -0.25) is 4.98 Å². The molecular formula is C15H15Br2FN2O3S. The van der Waals surface area contributed by atoms with Crippen molar-refractivity contribution in [2.45, 2.75) is 11.4 Å². The second kappa shape index (κ2) is 8.48. The summed E-state index contributed by atoms with van der Waals surface area (Å²) in [6, 6.07) is 5.77. The standard InChI is InChI=1S/C15H15Br2FN2O3S/c1-23-6-5-20(10-11-3-2-4-19-9-11)24(21,22)15-13(16)7-12(18)8-14(15)17/h2-4,7-9H,5-6,10H2,1H3. The molecule has 0 radical (unpaired) electrons. The number of halogens is 3. The fourth-order valence-electron chi connectivity index (χ4n) is 2.08. The Kier molecular flexibility index (Phi) is 6.88. The molecule has 0 aliphatic rings. The van der Waals surface area contributed by atoms with E-state index in [4.69, 9.17) is 4.74 Å². The van der Waals surface area contributed by atoms with Crippen LogP contribution in [0.2, 0.25) is 0 Å². The van der Waals surface area contributed by atoms with Crippen molar-refractivity contribution < 1.29 is 17.5 Å². The van der Waals surface area contributed by atoms with Crippen molar-refractivity contribution in [2.75, 3.05) is 20.3 Å². The van der Waals surface area contributed by atoms with Gasteiger partial charge in [0.05, 0.1) is 6.61 Å². The Bertz CT molecular complexity index is 781. The smallest absolute Gasteiger partial charge is 0.245 e. The molecule has 9 heteroatoms. The molecule has 0 amide bonds. The first-order valence-corrected chi connectivity index (χ1v) is 9.91.